The van der Waals surface area contributed by atoms with Crippen LogP contribution in [0.4, 0.5) is 17.6 Å². The summed E-state index contributed by atoms with van der Waals surface area (Å²) in [6.07, 6.45) is 7.03. The van der Waals surface area contributed by atoms with E-state index in [4.69, 9.17) is 0 Å². The van der Waals surface area contributed by atoms with Crippen molar-refractivity contribution in [1.82, 2.24) is 15.3 Å². The molecule has 5 rings (SSSR count). The van der Waals surface area contributed by atoms with Crippen molar-refractivity contribution < 1.29 is 22.4 Å². The molecule has 2 heterocycles. The highest BCUT2D eigenvalue weighted by atomic mass is 19.3. The molecule has 2 aromatic rings. The molecule has 0 spiro atoms. The molecular weight excluding hydrogens is 462 g/mol. The lowest BCUT2D eigenvalue weighted by Gasteiger charge is -2.42. The third-order valence-electron chi connectivity index (χ3n) is 7.85. The molecule has 3 saturated carbocycles. The van der Waals surface area contributed by atoms with Gasteiger partial charge in [-0.15, -0.1) is 0 Å². The maximum absolute atomic E-state index is 14.4. The van der Waals surface area contributed by atoms with Crippen LogP contribution in [0.3, 0.4) is 0 Å². The number of nitrogens with one attached hydrogen (secondary N) is 2. The van der Waals surface area contributed by atoms with Crippen LogP contribution >= 0.6 is 0 Å². The van der Waals surface area contributed by atoms with E-state index in [1.165, 1.54) is 51.1 Å². The number of carbonyl (C=O) groups excluding carboxylic acids is 1. The van der Waals surface area contributed by atoms with Gasteiger partial charge in [-0.05, 0) is 37.2 Å². The van der Waals surface area contributed by atoms with Gasteiger partial charge in [0.2, 0.25) is 11.8 Å². The summed E-state index contributed by atoms with van der Waals surface area (Å²) in [7, 11) is 1.42. The highest BCUT2D eigenvalue weighted by Crippen LogP contribution is 2.51. The molecule has 0 radical (unpaired) electrons. The summed E-state index contributed by atoms with van der Waals surface area (Å²) in [5.41, 5.74) is 0.207. The van der Waals surface area contributed by atoms with Crippen molar-refractivity contribution in [3.63, 3.8) is 0 Å². The Hall–Kier alpha value is -2.45. The molecular formula is C26H33F4N3O2. The Morgan fingerprint density at radius 1 is 1.03 bits per heavy atom. The summed E-state index contributed by atoms with van der Waals surface area (Å²) in [5, 5.41) is 2.53. The Kier molecular flexibility index (Phi) is 7.52. The lowest BCUT2D eigenvalue weighted by molar-refractivity contribution is -0.0840. The number of aromatic amines is 1. The highest BCUT2D eigenvalue weighted by molar-refractivity contribution is 6.04. The van der Waals surface area contributed by atoms with Gasteiger partial charge in [-0.2, -0.15) is 0 Å². The molecule has 3 aliphatic carbocycles. The number of halogens is 4. The van der Waals surface area contributed by atoms with E-state index >= 15 is 0 Å². The van der Waals surface area contributed by atoms with Crippen LogP contribution in [0.5, 0.6) is 0 Å². The number of alkyl halides is 4. The van der Waals surface area contributed by atoms with Gasteiger partial charge in [0.15, 0.2) is 5.43 Å². The van der Waals surface area contributed by atoms with Crippen molar-refractivity contribution >= 4 is 16.8 Å². The van der Waals surface area contributed by atoms with Gasteiger partial charge in [0.1, 0.15) is 5.69 Å². The van der Waals surface area contributed by atoms with Gasteiger partial charge in [-0.25, -0.2) is 17.6 Å². The minimum absolute atomic E-state index is 0.0344. The average Bonchev–Trinajstić information content (AvgIpc) is 2.76. The van der Waals surface area contributed by atoms with Gasteiger partial charge in [0, 0.05) is 56.6 Å². The fraction of sp³-hybridized carbons (Fsp3) is 0.654. The number of hydrogen-bond acceptors (Lipinski definition) is 3. The SMILES string of the molecule is C1CCC1.CNC(=O)c1nccc2[nH]c([C@@H]3CC(F)(F)CC[C@H]3C3CCC(F)(F)CC3)cc(=O)c12. The zero-order valence-electron chi connectivity index (χ0n) is 20.0. The number of amides is 1. The van der Waals surface area contributed by atoms with E-state index in [0.29, 0.717) is 24.1 Å². The van der Waals surface area contributed by atoms with Gasteiger partial charge in [-0.1, -0.05) is 25.7 Å². The van der Waals surface area contributed by atoms with Crippen molar-refractivity contribution in [2.75, 3.05) is 7.05 Å². The van der Waals surface area contributed by atoms with Crippen LogP contribution in [0.1, 0.15) is 92.7 Å². The molecule has 9 heteroatoms. The Morgan fingerprint density at radius 2 is 1.66 bits per heavy atom. The minimum atomic E-state index is -2.88. The van der Waals surface area contributed by atoms with E-state index in [1.54, 1.807) is 0 Å². The Morgan fingerprint density at radius 3 is 2.26 bits per heavy atom. The smallest absolute Gasteiger partial charge is 0.270 e. The number of pyridine rings is 2. The fourth-order valence-corrected chi connectivity index (χ4v) is 5.51. The predicted molar refractivity (Wildman–Crippen MR) is 126 cm³/mol. The zero-order chi connectivity index (χ0) is 25.2. The number of nitrogens with zero attached hydrogens (tertiary/aromatic N) is 1. The molecule has 192 valence electrons. The van der Waals surface area contributed by atoms with E-state index < -0.39 is 35.5 Å². The molecule has 2 aromatic heterocycles. The van der Waals surface area contributed by atoms with E-state index in [0.717, 1.165) is 0 Å². The van der Waals surface area contributed by atoms with E-state index in [1.807, 2.05) is 0 Å². The molecule has 5 nitrogen and oxygen atoms in total. The van der Waals surface area contributed by atoms with Gasteiger partial charge < -0.3 is 10.3 Å². The first-order valence-corrected chi connectivity index (χ1v) is 12.6. The molecule has 2 N–H and O–H groups in total. The topological polar surface area (TPSA) is 74.8 Å². The van der Waals surface area contributed by atoms with Gasteiger partial charge in [0.05, 0.1) is 10.9 Å². The lowest BCUT2D eigenvalue weighted by Crippen LogP contribution is -2.38. The van der Waals surface area contributed by atoms with Gasteiger partial charge in [0.25, 0.3) is 5.91 Å². The first-order valence-electron chi connectivity index (χ1n) is 12.6. The molecule has 0 aliphatic heterocycles. The maximum atomic E-state index is 14.4. The van der Waals surface area contributed by atoms with Crippen molar-refractivity contribution in [2.24, 2.45) is 11.8 Å². The van der Waals surface area contributed by atoms with Crippen LogP contribution in [-0.4, -0.2) is 34.8 Å². The number of rotatable bonds is 3. The number of aromatic nitrogens is 2. The van der Waals surface area contributed by atoms with E-state index in [-0.39, 0.29) is 48.6 Å². The van der Waals surface area contributed by atoms with E-state index in [9.17, 15) is 27.2 Å². The summed E-state index contributed by atoms with van der Waals surface area (Å²) < 4.78 is 56.0. The largest absolute Gasteiger partial charge is 0.358 e. The zero-order valence-corrected chi connectivity index (χ0v) is 20.0. The first-order chi connectivity index (χ1) is 16.6. The number of carbonyl (C=O) groups is 1. The lowest BCUT2D eigenvalue weighted by atomic mass is 9.65. The van der Waals surface area contributed by atoms with Crippen LogP contribution in [0.15, 0.2) is 23.1 Å². The molecule has 3 aliphatic rings. The molecule has 0 aromatic carbocycles. The maximum Gasteiger partial charge on any atom is 0.270 e. The molecule has 3 fully saturated rings. The van der Waals surface area contributed by atoms with Crippen molar-refractivity contribution in [3.05, 3.63) is 39.9 Å². The summed E-state index contributed by atoms with van der Waals surface area (Å²) in [6.45, 7) is 0. The fourth-order valence-electron chi connectivity index (χ4n) is 5.51. The van der Waals surface area contributed by atoms with Gasteiger partial charge in [-0.3, -0.25) is 14.6 Å². The number of H-pyrrole nitrogens is 1. The summed E-state index contributed by atoms with van der Waals surface area (Å²) in [6, 6.07) is 2.80. The van der Waals surface area contributed by atoms with Crippen LogP contribution in [-0.2, 0) is 0 Å². The van der Waals surface area contributed by atoms with Gasteiger partial charge >= 0.3 is 0 Å². The molecule has 0 saturated heterocycles. The van der Waals surface area contributed by atoms with Crippen molar-refractivity contribution in [2.45, 2.75) is 88.4 Å². The normalized spacial score (nSPS) is 25.7. The molecule has 35 heavy (non-hydrogen) atoms. The monoisotopic (exact) mass is 495 g/mol. The Labute approximate surface area is 202 Å². The highest BCUT2D eigenvalue weighted by Gasteiger charge is 2.47. The summed E-state index contributed by atoms with van der Waals surface area (Å²) in [5.74, 6) is -7.02. The Balaban J connectivity index is 0.000000656. The number of hydrogen-bond donors (Lipinski definition) is 2. The third-order valence-corrected chi connectivity index (χ3v) is 7.85. The standard InChI is InChI=1S/C22H25F4N3O2.C4H8/c1-27-20(31)19-18-15(5-9-28-19)29-16(10-17(18)30)14-11-22(25,26)8-4-13(14)12-2-6-21(23,24)7-3-12;1-2-4-3-1/h5,9-10,12-14H,2-4,6-8,11H2,1H3,(H,27,31)(H,29,30);1-4H2/t13-,14+;/m0./s1. The second-order valence-electron chi connectivity index (χ2n) is 10.2. The molecule has 2 atom stereocenters. The second kappa shape index (κ2) is 10.3. The Bertz CT molecular complexity index is 1100. The van der Waals surface area contributed by atoms with Crippen LogP contribution < -0.4 is 10.7 Å². The average molecular weight is 496 g/mol. The minimum Gasteiger partial charge on any atom is -0.358 e. The first kappa shape index (κ1) is 25.6. The molecule has 0 bridgehead atoms. The molecule has 0 unspecified atom stereocenters. The quantitative estimate of drug-likeness (QED) is 0.499. The molecule has 1 amide bonds. The summed E-state index contributed by atoms with van der Waals surface area (Å²) >= 11 is 0. The third kappa shape index (κ3) is 5.86. The summed E-state index contributed by atoms with van der Waals surface area (Å²) in [4.78, 5) is 32.0. The van der Waals surface area contributed by atoms with Crippen LogP contribution in [0.25, 0.3) is 10.9 Å². The van der Waals surface area contributed by atoms with Crippen LogP contribution in [0, 0.1) is 11.8 Å². The number of fused-ring (bicyclic) bond motifs is 1. The van der Waals surface area contributed by atoms with Crippen molar-refractivity contribution in [3.8, 4) is 0 Å². The van der Waals surface area contributed by atoms with Crippen LogP contribution in [0.2, 0.25) is 0 Å². The van der Waals surface area contributed by atoms with Crippen molar-refractivity contribution in [1.29, 1.82) is 0 Å². The van der Waals surface area contributed by atoms with E-state index in [2.05, 4.69) is 15.3 Å². The predicted octanol–water partition coefficient (Wildman–Crippen LogP) is 6.19. The second-order valence-corrected chi connectivity index (χ2v) is 10.2.